The van der Waals surface area contributed by atoms with E-state index in [0.717, 1.165) is 12.0 Å². The third-order valence-electron chi connectivity index (χ3n) is 5.55. The number of benzene rings is 1. The summed E-state index contributed by atoms with van der Waals surface area (Å²) in [7, 11) is 0. The summed E-state index contributed by atoms with van der Waals surface area (Å²) in [5.41, 5.74) is 3.88. The highest BCUT2D eigenvalue weighted by Crippen LogP contribution is 2.53. The zero-order valence-corrected chi connectivity index (χ0v) is 10.4. The van der Waals surface area contributed by atoms with E-state index < -0.39 is 0 Å². The minimum atomic E-state index is 0.545. The topological polar surface area (TPSA) is 12.0 Å². The number of hydrogen-bond acceptors (Lipinski definition) is 1. The molecule has 90 valence electrons. The van der Waals surface area contributed by atoms with E-state index >= 15 is 0 Å². The summed E-state index contributed by atoms with van der Waals surface area (Å²) >= 11 is 0. The third-order valence-corrected chi connectivity index (χ3v) is 5.55. The molecular formula is C16H21N. The van der Waals surface area contributed by atoms with Gasteiger partial charge >= 0.3 is 0 Å². The van der Waals surface area contributed by atoms with Crippen LogP contribution in [0, 0.1) is 5.92 Å². The molecule has 2 unspecified atom stereocenters. The second-order valence-electron chi connectivity index (χ2n) is 6.18. The lowest BCUT2D eigenvalue weighted by atomic mass is 9.53. The second-order valence-corrected chi connectivity index (χ2v) is 6.18. The van der Waals surface area contributed by atoms with Crippen LogP contribution in [-0.2, 0) is 11.8 Å². The summed E-state index contributed by atoms with van der Waals surface area (Å²) in [4.78, 5) is 0. The van der Waals surface area contributed by atoms with Crippen molar-refractivity contribution in [1.82, 2.24) is 5.32 Å². The molecule has 1 heterocycles. The lowest BCUT2D eigenvalue weighted by molar-refractivity contribution is 0.0798. The van der Waals surface area contributed by atoms with Crippen molar-refractivity contribution < 1.29 is 0 Å². The van der Waals surface area contributed by atoms with Crippen molar-refractivity contribution in [3.63, 3.8) is 0 Å². The average Bonchev–Trinajstić information content (AvgIpc) is 2.39. The largest absolute Gasteiger partial charge is 0.313 e. The Hall–Kier alpha value is -0.820. The lowest BCUT2D eigenvalue weighted by Gasteiger charge is -2.56. The first kappa shape index (κ1) is 10.1. The highest BCUT2D eigenvalue weighted by molar-refractivity contribution is 5.41. The van der Waals surface area contributed by atoms with Gasteiger partial charge in [-0.25, -0.2) is 0 Å². The van der Waals surface area contributed by atoms with Crippen LogP contribution in [0.1, 0.15) is 43.2 Å². The molecule has 1 aromatic rings. The minimum absolute atomic E-state index is 0.545. The number of hydrogen-bond donors (Lipinski definition) is 1. The Morgan fingerprint density at radius 2 is 2.06 bits per heavy atom. The maximum absolute atomic E-state index is 3.79. The van der Waals surface area contributed by atoms with Gasteiger partial charge < -0.3 is 5.32 Å². The molecule has 0 spiro atoms. The molecule has 1 aromatic carbocycles. The van der Waals surface area contributed by atoms with Crippen LogP contribution in [-0.4, -0.2) is 12.6 Å². The Kier molecular flexibility index (Phi) is 2.14. The number of fused-ring (bicyclic) bond motifs is 1. The average molecular weight is 227 g/mol. The summed E-state index contributed by atoms with van der Waals surface area (Å²) < 4.78 is 0. The maximum Gasteiger partial charge on any atom is 0.0144 e. The molecule has 4 rings (SSSR count). The Bertz CT molecular complexity index is 435. The van der Waals surface area contributed by atoms with Gasteiger partial charge in [0.1, 0.15) is 0 Å². The SMILES string of the molecule is c1ccc2c(c1)C[C@H]1NCCC23CCCCC13. The second kappa shape index (κ2) is 3.58. The summed E-state index contributed by atoms with van der Waals surface area (Å²) in [5.74, 6) is 0.917. The van der Waals surface area contributed by atoms with Gasteiger partial charge in [-0.1, -0.05) is 37.1 Å². The van der Waals surface area contributed by atoms with Crippen molar-refractivity contribution in [2.24, 2.45) is 5.92 Å². The van der Waals surface area contributed by atoms with Crippen molar-refractivity contribution in [3.8, 4) is 0 Å². The van der Waals surface area contributed by atoms with Crippen LogP contribution in [0.15, 0.2) is 24.3 Å². The van der Waals surface area contributed by atoms with Crippen molar-refractivity contribution in [2.45, 2.75) is 50.0 Å². The zero-order chi connectivity index (χ0) is 11.3. The van der Waals surface area contributed by atoms with Gasteiger partial charge in [0, 0.05) is 11.5 Å². The molecule has 1 aliphatic heterocycles. The van der Waals surface area contributed by atoms with Crippen LogP contribution in [0.2, 0.25) is 0 Å². The predicted octanol–water partition coefficient (Wildman–Crippen LogP) is 3.03. The van der Waals surface area contributed by atoms with Crippen molar-refractivity contribution >= 4 is 0 Å². The first-order chi connectivity index (χ1) is 8.40. The molecule has 1 saturated carbocycles. The molecule has 0 amide bonds. The van der Waals surface area contributed by atoms with Gasteiger partial charge in [0.15, 0.2) is 0 Å². The molecule has 1 heteroatoms. The van der Waals surface area contributed by atoms with Crippen LogP contribution in [0.5, 0.6) is 0 Å². The predicted molar refractivity (Wildman–Crippen MR) is 70.2 cm³/mol. The smallest absolute Gasteiger partial charge is 0.0144 e. The molecule has 1 saturated heterocycles. The fourth-order valence-corrected chi connectivity index (χ4v) is 4.89. The van der Waals surface area contributed by atoms with Crippen LogP contribution < -0.4 is 5.32 Å². The molecule has 2 fully saturated rings. The van der Waals surface area contributed by atoms with Gasteiger partial charge in [0.2, 0.25) is 0 Å². The number of piperidine rings is 1. The maximum atomic E-state index is 3.79. The summed E-state index contributed by atoms with van der Waals surface area (Å²) in [6, 6.07) is 10.0. The van der Waals surface area contributed by atoms with E-state index in [1.165, 1.54) is 45.1 Å². The standard InChI is InChI=1S/C16H21N/c1-2-6-13-12(5-1)11-15-14-7-3-4-8-16(13,14)9-10-17-15/h1-2,5-6,14-15,17H,3-4,7-11H2/t14?,15-,16?/m1/s1. The summed E-state index contributed by atoms with van der Waals surface area (Å²) in [6.07, 6.45) is 8.41. The highest BCUT2D eigenvalue weighted by Gasteiger charge is 2.51. The molecule has 2 bridgehead atoms. The Balaban J connectivity index is 1.90. The van der Waals surface area contributed by atoms with Crippen molar-refractivity contribution in [3.05, 3.63) is 35.4 Å². The molecular weight excluding hydrogens is 206 g/mol. The van der Waals surface area contributed by atoms with Crippen LogP contribution >= 0.6 is 0 Å². The van der Waals surface area contributed by atoms with Crippen molar-refractivity contribution in [1.29, 1.82) is 0 Å². The van der Waals surface area contributed by atoms with Gasteiger partial charge in [-0.2, -0.15) is 0 Å². The van der Waals surface area contributed by atoms with Gasteiger partial charge in [-0.15, -0.1) is 0 Å². The van der Waals surface area contributed by atoms with E-state index in [4.69, 9.17) is 0 Å². The third kappa shape index (κ3) is 1.29. The van der Waals surface area contributed by atoms with E-state index in [1.807, 2.05) is 0 Å². The zero-order valence-electron chi connectivity index (χ0n) is 10.4. The first-order valence-electron chi connectivity index (χ1n) is 7.22. The molecule has 2 aliphatic carbocycles. The van der Waals surface area contributed by atoms with Crippen molar-refractivity contribution in [2.75, 3.05) is 6.54 Å². The van der Waals surface area contributed by atoms with Crippen LogP contribution in [0.4, 0.5) is 0 Å². The van der Waals surface area contributed by atoms with E-state index in [2.05, 4.69) is 29.6 Å². The molecule has 1 nitrogen and oxygen atoms in total. The number of rotatable bonds is 0. The lowest BCUT2D eigenvalue weighted by Crippen LogP contribution is -2.59. The normalized spacial score (nSPS) is 39.3. The Labute approximate surface area is 104 Å². The minimum Gasteiger partial charge on any atom is -0.313 e. The molecule has 3 atom stereocenters. The summed E-state index contributed by atoms with van der Waals surface area (Å²) in [6.45, 7) is 1.23. The Morgan fingerprint density at radius 3 is 3.06 bits per heavy atom. The molecule has 0 radical (unpaired) electrons. The Morgan fingerprint density at radius 1 is 1.12 bits per heavy atom. The number of nitrogens with one attached hydrogen (secondary N) is 1. The van der Waals surface area contributed by atoms with Crippen LogP contribution in [0.3, 0.4) is 0 Å². The van der Waals surface area contributed by atoms with Gasteiger partial charge in [-0.05, 0) is 49.3 Å². The van der Waals surface area contributed by atoms with E-state index in [0.29, 0.717) is 5.41 Å². The molecule has 3 aliphatic rings. The molecule has 17 heavy (non-hydrogen) atoms. The monoisotopic (exact) mass is 227 g/mol. The molecule has 0 aromatic heterocycles. The van der Waals surface area contributed by atoms with Gasteiger partial charge in [0.25, 0.3) is 0 Å². The van der Waals surface area contributed by atoms with Gasteiger partial charge in [-0.3, -0.25) is 0 Å². The van der Waals surface area contributed by atoms with E-state index in [9.17, 15) is 0 Å². The molecule has 1 N–H and O–H groups in total. The quantitative estimate of drug-likeness (QED) is 0.718. The van der Waals surface area contributed by atoms with E-state index in [-0.39, 0.29) is 0 Å². The summed E-state index contributed by atoms with van der Waals surface area (Å²) in [5, 5.41) is 3.79. The fraction of sp³-hybridized carbons (Fsp3) is 0.625. The first-order valence-corrected chi connectivity index (χ1v) is 7.22. The van der Waals surface area contributed by atoms with Crippen LogP contribution in [0.25, 0.3) is 0 Å². The fourth-order valence-electron chi connectivity index (χ4n) is 4.89. The highest BCUT2D eigenvalue weighted by atomic mass is 15.0. The van der Waals surface area contributed by atoms with Gasteiger partial charge in [0.05, 0.1) is 0 Å². The van der Waals surface area contributed by atoms with E-state index in [1.54, 1.807) is 11.1 Å².